The summed E-state index contributed by atoms with van der Waals surface area (Å²) in [7, 11) is 0. The molecule has 0 spiro atoms. The molecule has 3 aromatic heterocycles. The number of carbonyl (C=O) groups excluding carboxylic acids is 1. The normalized spacial score (nSPS) is 16.3. The topological polar surface area (TPSA) is 67.2 Å². The number of amides is 1. The maximum absolute atomic E-state index is 12.8. The molecule has 136 valence electrons. The summed E-state index contributed by atoms with van der Waals surface area (Å²) in [5, 5.41) is 4.61. The molecule has 0 aliphatic carbocycles. The van der Waals surface area contributed by atoms with E-state index in [2.05, 4.69) is 20.0 Å². The fraction of sp³-hybridized carbons (Fsp3) is 0.300. The summed E-state index contributed by atoms with van der Waals surface area (Å²) < 4.78 is 1.74. The molecule has 0 radical (unpaired) electrons. The first-order valence-electron chi connectivity index (χ1n) is 9.24. The molecule has 0 unspecified atom stereocenters. The van der Waals surface area contributed by atoms with Crippen molar-refractivity contribution in [1.29, 1.82) is 0 Å². The van der Waals surface area contributed by atoms with E-state index < -0.39 is 0 Å². The summed E-state index contributed by atoms with van der Waals surface area (Å²) in [6, 6.07) is 9.72. The number of carbonyl (C=O) groups is 1. The molecule has 1 saturated heterocycles. The largest absolute Gasteiger partial charge is 0.357 e. The number of fused-ring (bicyclic) bond motifs is 1. The van der Waals surface area contributed by atoms with Crippen molar-refractivity contribution >= 4 is 17.5 Å². The maximum atomic E-state index is 12.8. The predicted molar refractivity (Wildman–Crippen MR) is 102 cm³/mol. The van der Waals surface area contributed by atoms with Crippen LogP contribution in [0.25, 0.3) is 5.69 Å². The van der Waals surface area contributed by atoms with Crippen molar-refractivity contribution in [1.82, 2.24) is 19.7 Å². The van der Waals surface area contributed by atoms with Gasteiger partial charge in [-0.3, -0.25) is 9.69 Å². The summed E-state index contributed by atoms with van der Waals surface area (Å²) in [5.74, 6) is 1.61. The zero-order valence-corrected chi connectivity index (χ0v) is 15.2. The molecule has 1 amide bonds. The summed E-state index contributed by atoms with van der Waals surface area (Å²) in [5.41, 5.74) is 3.15. The molecule has 27 heavy (non-hydrogen) atoms. The van der Waals surface area contributed by atoms with E-state index in [1.807, 2.05) is 43.5 Å². The van der Waals surface area contributed by atoms with Gasteiger partial charge in [0, 0.05) is 25.0 Å². The average Bonchev–Trinajstić information content (AvgIpc) is 3.40. The first-order valence-corrected chi connectivity index (χ1v) is 9.24. The van der Waals surface area contributed by atoms with E-state index in [4.69, 9.17) is 0 Å². The van der Waals surface area contributed by atoms with E-state index in [-0.39, 0.29) is 5.91 Å². The highest BCUT2D eigenvalue weighted by Gasteiger charge is 2.32. The number of rotatable bonds is 3. The second-order valence-electron chi connectivity index (χ2n) is 7.03. The highest BCUT2D eigenvalue weighted by molar-refractivity contribution is 6.09. The van der Waals surface area contributed by atoms with Crippen molar-refractivity contribution in [3.05, 3.63) is 59.7 Å². The van der Waals surface area contributed by atoms with Crippen LogP contribution >= 0.6 is 0 Å². The van der Waals surface area contributed by atoms with Crippen LogP contribution in [0.15, 0.2) is 42.7 Å². The molecule has 7 nitrogen and oxygen atoms in total. The summed E-state index contributed by atoms with van der Waals surface area (Å²) >= 11 is 0. The number of anilines is 2. The number of aromatic nitrogens is 4. The molecule has 3 aromatic rings. The Labute approximate surface area is 157 Å². The van der Waals surface area contributed by atoms with Crippen molar-refractivity contribution in [2.45, 2.75) is 26.3 Å². The Morgan fingerprint density at radius 1 is 1.04 bits per heavy atom. The number of hydrogen-bond donors (Lipinski definition) is 0. The molecular weight excluding hydrogens is 340 g/mol. The number of nitrogens with zero attached hydrogens (tertiary/aromatic N) is 6. The molecule has 0 bridgehead atoms. The molecule has 0 atom stereocenters. The molecule has 1 fully saturated rings. The first kappa shape index (κ1) is 16.0. The monoisotopic (exact) mass is 360 g/mol. The van der Waals surface area contributed by atoms with Gasteiger partial charge in [0.05, 0.1) is 29.7 Å². The van der Waals surface area contributed by atoms with Gasteiger partial charge in [0.2, 0.25) is 0 Å². The number of aryl methyl sites for hydroxylation is 1. The van der Waals surface area contributed by atoms with E-state index in [1.165, 1.54) is 12.8 Å². The number of pyridine rings is 2. The van der Waals surface area contributed by atoms with Crippen LogP contribution in [0.1, 0.15) is 34.6 Å². The highest BCUT2D eigenvalue weighted by atomic mass is 16.2. The Bertz CT molecular complexity index is 1000. The van der Waals surface area contributed by atoms with Gasteiger partial charge in [-0.15, -0.1) is 0 Å². The minimum atomic E-state index is -0.0593. The molecule has 5 heterocycles. The van der Waals surface area contributed by atoms with Gasteiger partial charge in [0.15, 0.2) is 0 Å². The van der Waals surface area contributed by atoms with Crippen LogP contribution in [0.3, 0.4) is 0 Å². The fourth-order valence-electron chi connectivity index (χ4n) is 3.72. The van der Waals surface area contributed by atoms with E-state index in [9.17, 15) is 4.79 Å². The van der Waals surface area contributed by atoms with Gasteiger partial charge in [-0.25, -0.2) is 14.6 Å². The second-order valence-corrected chi connectivity index (χ2v) is 7.03. The van der Waals surface area contributed by atoms with Gasteiger partial charge in [-0.05, 0) is 44.0 Å². The second kappa shape index (κ2) is 6.19. The van der Waals surface area contributed by atoms with Crippen molar-refractivity contribution in [3.63, 3.8) is 0 Å². The quantitative estimate of drug-likeness (QED) is 0.718. The van der Waals surface area contributed by atoms with Crippen LogP contribution in [0, 0.1) is 6.92 Å². The lowest BCUT2D eigenvalue weighted by atomic mass is 10.3. The molecule has 0 saturated carbocycles. The lowest BCUT2D eigenvalue weighted by Crippen LogP contribution is -2.25. The molecule has 2 aliphatic heterocycles. The molecule has 0 N–H and O–H groups in total. The third-order valence-corrected chi connectivity index (χ3v) is 5.15. The molecule has 0 aromatic carbocycles. The smallest absolute Gasteiger partial charge is 0.263 e. The van der Waals surface area contributed by atoms with E-state index in [0.29, 0.717) is 17.9 Å². The zero-order chi connectivity index (χ0) is 18.4. The van der Waals surface area contributed by atoms with Crippen molar-refractivity contribution in [3.8, 4) is 5.69 Å². The molecule has 7 heteroatoms. The SMILES string of the molecule is Cc1cccc(N2Cc3nn(-c4ccc(N5CCCC5)nc4)cc3C2=O)n1. The van der Waals surface area contributed by atoms with Crippen LogP contribution in [0.2, 0.25) is 0 Å². The van der Waals surface area contributed by atoms with Crippen LogP contribution in [0.4, 0.5) is 11.6 Å². The lowest BCUT2D eigenvalue weighted by molar-refractivity contribution is 0.0995. The highest BCUT2D eigenvalue weighted by Crippen LogP contribution is 2.27. The Balaban J connectivity index is 1.39. The Morgan fingerprint density at radius 2 is 1.89 bits per heavy atom. The summed E-state index contributed by atoms with van der Waals surface area (Å²) in [4.78, 5) is 25.8. The average molecular weight is 360 g/mol. The summed E-state index contributed by atoms with van der Waals surface area (Å²) in [6.07, 6.45) is 6.06. The van der Waals surface area contributed by atoms with Crippen LogP contribution in [0.5, 0.6) is 0 Å². The molecular formula is C20H20N6O. The minimum absolute atomic E-state index is 0.0593. The Kier molecular flexibility index (Phi) is 3.67. The van der Waals surface area contributed by atoms with Crippen molar-refractivity contribution < 1.29 is 4.79 Å². The standard InChI is InChI=1S/C20H20N6O/c1-14-5-4-6-19(22-14)25-13-17-16(20(25)27)12-26(23-17)15-7-8-18(21-11-15)24-9-2-3-10-24/h4-8,11-12H,2-3,9-10,13H2,1H3. The van der Waals surface area contributed by atoms with E-state index in [1.54, 1.807) is 15.8 Å². The number of hydrogen-bond acceptors (Lipinski definition) is 5. The van der Waals surface area contributed by atoms with Crippen molar-refractivity contribution in [2.75, 3.05) is 22.9 Å². The van der Waals surface area contributed by atoms with Gasteiger partial charge >= 0.3 is 0 Å². The first-order chi connectivity index (χ1) is 13.2. The van der Waals surface area contributed by atoms with Gasteiger partial charge in [-0.2, -0.15) is 5.10 Å². The maximum Gasteiger partial charge on any atom is 0.263 e. The Morgan fingerprint density at radius 3 is 2.59 bits per heavy atom. The third kappa shape index (κ3) is 2.75. The molecule has 2 aliphatic rings. The van der Waals surface area contributed by atoms with Gasteiger partial charge in [-0.1, -0.05) is 6.07 Å². The van der Waals surface area contributed by atoms with Gasteiger partial charge < -0.3 is 4.90 Å². The van der Waals surface area contributed by atoms with E-state index >= 15 is 0 Å². The third-order valence-electron chi connectivity index (χ3n) is 5.15. The van der Waals surface area contributed by atoms with Gasteiger partial charge in [0.1, 0.15) is 11.6 Å². The fourth-order valence-corrected chi connectivity index (χ4v) is 3.72. The predicted octanol–water partition coefficient (Wildman–Crippen LogP) is 2.73. The van der Waals surface area contributed by atoms with Crippen LogP contribution in [-0.2, 0) is 6.54 Å². The van der Waals surface area contributed by atoms with Crippen LogP contribution in [-0.4, -0.2) is 38.7 Å². The van der Waals surface area contributed by atoms with Crippen LogP contribution < -0.4 is 9.80 Å². The Hall–Kier alpha value is -3.22. The summed E-state index contributed by atoms with van der Waals surface area (Å²) in [6.45, 7) is 4.50. The zero-order valence-electron chi connectivity index (χ0n) is 15.2. The van der Waals surface area contributed by atoms with Gasteiger partial charge in [0.25, 0.3) is 5.91 Å². The lowest BCUT2D eigenvalue weighted by Gasteiger charge is -2.16. The van der Waals surface area contributed by atoms with E-state index in [0.717, 1.165) is 36.0 Å². The minimum Gasteiger partial charge on any atom is -0.357 e. The molecule has 5 rings (SSSR count). The van der Waals surface area contributed by atoms with Crippen molar-refractivity contribution in [2.24, 2.45) is 0 Å².